The number of H-pyrrole nitrogens is 1. The number of anilines is 2. The summed E-state index contributed by atoms with van der Waals surface area (Å²) in [6.45, 7) is 2.67. The summed E-state index contributed by atoms with van der Waals surface area (Å²) in [5, 5.41) is 12.3. The van der Waals surface area contributed by atoms with E-state index in [2.05, 4.69) is 20.5 Å². The number of pyridine rings is 1. The molecule has 19 heavy (non-hydrogen) atoms. The van der Waals surface area contributed by atoms with E-state index in [-0.39, 0.29) is 0 Å². The van der Waals surface area contributed by atoms with Crippen molar-refractivity contribution in [2.45, 2.75) is 13.5 Å². The largest absolute Gasteiger partial charge is 0.398 e. The number of rotatable bonds is 3. The van der Waals surface area contributed by atoms with Gasteiger partial charge in [-0.3, -0.25) is 10.1 Å². The van der Waals surface area contributed by atoms with Crippen molar-refractivity contribution in [1.82, 2.24) is 15.2 Å². The van der Waals surface area contributed by atoms with Gasteiger partial charge in [0.05, 0.1) is 12.2 Å². The Hall–Kier alpha value is -2.56. The first-order valence-electron chi connectivity index (χ1n) is 6.11. The van der Waals surface area contributed by atoms with Crippen molar-refractivity contribution in [3.05, 3.63) is 48.0 Å². The number of hydrogen-bond acceptors (Lipinski definition) is 4. The maximum absolute atomic E-state index is 5.98. The highest BCUT2D eigenvalue weighted by Crippen LogP contribution is 2.28. The molecule has 5 heteroatoms. The van der Waals surface area contributed by atoms with Crippen LogP contribution in [0.1, 0.15) is 11.4 Å². The van der Waals surface area contributed by atoms with Gasteiger partial charge >= 0.3 is 0 Å². The summed E-state index contributed by atoms with van der Waals surface area (Å²) in [5.41, 5.74) is 9.79. The predicted molar refractivity (Wildman–Crippen MR) is 76.8 cm³/mol. The van der Waals surface area contributed by atoms with Crippen molar-refractivity contribution in [3.8, 4) is 0 Å². The quantitative estimate of drug-likeness (QED) is 0.626. The summed E-state index contributed by atoms with van der Waals surface area (Å²) in [4.78, 5) is 4.30. The average Bonchev–Trinajstić information content (AvgIpc) is 2.91. The van der Waals surface area contributed by atoms with Gasteiger partial charge in [-0.25, -0.2) is 0 Å². The molecule has 0 aliphatic carbocycles. The Kier molecular flexibility index (Phi) is 2.79. The van der Waals surface area contributed by atoms with Crippen molar-refractivity contribution in [2.24, 2.45) is 0 Å². The lowest BCUT2D eigenvalue weighted by molar-refractivity contribution is 0.982. The van der Waals surface area contributed by atoms with Gasteiger partial charge in [-0.15, -0.1) is 0 Å². The zero-order chi connectivity index (χ0) is 13.2. The number of nitrogens with zero attached hydrogens (tertiary/aromatic N) is 2. The van der Waals surface area contributed by atoms with E-state index >= 15 is 0 Å². The maximum Gasteiger partial charge on any atom is 0.0567 e. The zero-order valence-corrected chi connectivity index (χ0v) is 10.6. The summed E-state index contributed by atoms with van der Waals surface area (Å²) >= 11 is 0. The van der Waals surface area contributed by atoms with E-state index in [1.807, 2.05) is 37.4 Å². The Morgan fingerprint density at radius 2 is 2.16 bits per heavy atom. The molecule has 0 fully saturated rings. The van der Waals surface area contributed by atoms with Gasteiger partial charge in [0, 0.05) is 40.2 Å². The topological polar surface area (TPSA) is 79.6 Å². The van der Waals surface area contributed by atoms with Crippen LogP contribution in [0.4, 0.5) is 11.4 Å². The highest BCUT2D eigenvalue weighted by molar-refractivity contribution is 6.00. The number of aryl methyl sites for hydroxylation is 1. The monoisotopic (exact) mass is 253 g/mol. The van der Waals surface area contributed by atoms with E-state index in [0.29, 0.717) is 6.54 Å². The SMILES string of the molecule is Cc1cc2c(NCc3ccn[nH]3)ccc(N)c2cn1. The van der Waals surface area contributed by atoms with Crippen LogP contribution in [0, 0.1) is 6.92 Å². The molecule has 0 aliphatic rings. The minimum absolute atomic E-state index is 0.695. The molecule has 2 aromatic heterocycles. The number of nitrogens with two attached hydrogens (primary N) is 1. The Morgan fingerprint density at radius 1 is 1.26 bits per heavy atom. The van der Waals surface area contributed by atoms with Crippen LogP contribution in [0.25, 0.3) is 10.8 Å². The van der Waals surface area contributed by atoms with E-state index < -0.39 is 0 Å². The van der Waals surface area contributed by atoms with Gasteiger partial charge in [-0.1, -0.05) is 0 Å². The van der Waals surface area contributed by atoms with E-state index in [4.69, 9.17) is 5.73 Å². The lowest BCUT2D eigenvalue weighted by Gasteiger charge is -2.11. The fourth-order valence-electron chi connectivity index (χ4n) is 2.09. The first kappa shape index (κ1) is 11.5. The molecule has 0 saturated heterocycles. The second kappa shape index (κ2) is 4.61. The van der Waals surface area contributed by atoms with E-state index in [1.165, 1.54) is 0 Å². The maximum atomic E-state index is 5.98. The predicted octanol–water partition coefficient (Wildman–Crippen LogP) is 2.46. The Morgan fingerprint density at radius 3 is 2.95 bits per heavy atom. The zero-order valence-electron chi connectivity index (χ0n) is 10.6. The summed E-state index contributed by atoms with van der Waals surface area (Å²) in [6, 6.07) is 7.88. The summed E-state index contributed by atoms with van der Waals surface area (Å²) < 4.78 is 0. The van der Waals surface area contributed by atoms with Gasteiger partial charge in [0.15, 0.2) is 0 Å². The molecule has 4 N–H and O–H groups in total. The van der Waals surface area contributed by atoms with Crippen LogP contribution in [-0.4, -0.2) is 15.2 Å². The minimum Gasteiger partial charge on any atom is -0.398 e. The number of nitrogen functional groups attached to an aromatic ring is 1. The second-order valence-corrected chi connectivity index (χ2v) is 4.51. The van der Waals surface area contributed by atoms with Gasteiger partial charge < -0.3 is 11.1 Å². The smallest absolute Gasteiger partial charge is 0.0567 e. The molecule has 0 unspecified atom stereocenters. The third kappa shape index (κ3) is 2.22. The van der Waals surface area contributed by atoms with Crippen LogP contribution < -0.4 is 11.1 Å². The van der Waals surface area contributed by atoms with Gasteiger partial charge in [0.1, 0.15) is 0 Å². The van der Waals surface area contributed by atoms with Crippen LogP contribution in [0.5, 0.6) is 0 Å². The molecule has 5 nitrogen and oxygen atoms in total. The molecule has 0 aliphatic heterocycles. The Bertz CT molecular complexity index is 703. The van der Waals surface area contributed by atoms with Crippen LogP contribution >= 0.6 is 0 Å². The highest BCUT2D eigenvalue weighted by atomic mass is 15.1. The summed E-state index contributed by atoms with van der Waals surface area (Å²) in [5.74, 6) is 0. The number of benzene rings is 1. The molecule has 0 bridgehead atoms. The molecule has 0 spiro atoms. The standard InChI is InChI=1S/C14H15N5/c1-9-6-11-12(8-16-9)13(15)2-3-14(11)17-7-10-4-5-18-19-10/h2-6,8,17H,7,15H2,1H3,(H,18,19). The van der Waals surface area contributed by atoms with Crippen LogP contribution in [-0.2, 0) is 6.54 Å². The second-order valence-electron chi connectivity index (χ2n) is 4.51. The number of fused-ring (bicyclic) bond motifs is 1. The van der Waals surface area contributed by atoms with E-state index in [0.717, 1.165) is 33.5 Å². The number of hydrogen-bond donors (Lipinski definition) is 3. The number of aromatic nitrogens is 3. The Balaban J connectivity index is 1.98. The van der Waals surface area contributed by atoms with Gasteiger partial charge in [-0.2, -0.15) is 5.10 Å². The third-order valence-electron chi connectivity index (χ3n) is 3.10. The third-order valence-corrected chi connectivity index (χ3v) is 3.10. The fraction of sp³-hybridized carbons (Fsp3) is 0.143. The van der Waals surface area contributed by atoms with Crippen LogP contribution in [0.3, 0.4) is 0 Å². The normalized spacial score (nSPS) is 10.8. The first-order chi connectivity index (χ1) is 9.24. The fourth-order valence-corrected chi connectivity index (χ4v) is 2.09. The molecular formula is C14H15N5. The molecular weight excluding hydrogens is 238 g/mol. The first-order valence-corrected chi connectivity index (χ1v) is 6.11. The molecule has 2 heterocycles. The van der Waals surface area contributed by atoms with Crippen molar-refractivity contribution in [3.63, 3.8) is 0 Å². The molecule has 3 rings (SSSR count). The van der Waals surface area contributed by atoms with E-state index in [9.17, 15) is 0 Å². The van der Waals surface area contributed by atoms with Gasteiger partial charge in [-0.05, 0) is 31.2 Å². The number of aromatic amines is 1. The minimum atomic E-state index is 0.695. The summed E-state index contributed by atoms with van der Waals surface area (Å²) in [7, 11) is 0. The van der Waals surface area contributed by atoms with Crippen LogP contribution in [0.2, 0.25) is 0 Å². The summed E-state index contributed by atoms with van der Waals surface area (Å²) in [6.07, 6.45) is 3.56. The van der Waals surface area contributed by atoms with Crippen molar-refractivity contribution >= 4 is 22.1 Å². The molecule has 0 atom stereocenters. The highest BCUT2D eigenvalue weighted by Gasteiger charge is 2.05. The lowest BCUT2D eigenvalue weighted by atomic mass is 10.1. The van der Waals surface area contributed by atoms with Gasteiger partial charge in [0.25, 0.3) is 0 Å². The Labute approximate surface area is 110 Å². The number of nitrogens with one attached hydrogen (secondary N) is 2. The van der Waals surface area contributed by atoms with Crippen molar-refractivity contribution in [2.75, 3.05) is 11.1 Å². The molecule has 0 radical (unpaired) electrons. The average molecular weight is 253 g/mol. The van der Waals surface area contributed by atoms with Crippen LogP contribution in [0.15, 0.2) is 36.7 Å². The molecule has 0 amide bonds. The van der Waals surface area contributed by atoms with E-state index in [1.54, 1.807) is 6.20 Å². The molecule has 96 valence electrons. The van der Waals surface area contributed by atoms with Crippen molar-refractivity contribution in [1.29, 1.82) is 0 Å². The van der Waals surface area contributed by atoms with Crippen molar-refractivity contribution < 1.29 is 0 Å². The molecule has 3 aromatic rings. The molecule has 0 saturated carbocycles. The molecule has 1 aromatic carbocycles. The lowest BCUT2D eigenvalue weighted by Crippen LogP contribution is -2.01. The van der Waals surface area contributed by atoms with Gasteiger partial charge in [0.2, 0.25) is 0 Å².